The first kappa shape index (κ1) is 22.4. The summed E-state index contributed by atoms with van der Waals surface area (Å²) in [6, 6.07) is 11.4. The van der Waals surface area contributed by atoms with Gasteiger partial charge in [0.2, 0.25) is 5.78 Å². The Morgan fingerprint density at radius 2 is 1.58 bits per heavy atom. The van der Waals surface area contributed by atoms with Crippen LogP contribution in [-0.2, 0) is 9.59 Å². The van der Waals surface area contributed by atoms with Crippen molar-refractivity contribution in [1.82, 2.24) is 4.98 Å². The quantitative estimate of drug-likeness (QED) is 0.302. The van der Waals surface area contributed by atoms with Crippen molar-refractivity contribution in [2.24, 2.45) is 0 Å². The minimum atomic E-state index is -0.798. The molecule has 0 saturated heterocycles. The summed E-state index contributed by atoms with van der Waals surface area (Å²) in [7, 11) is 0. The van der Waals surface area contributed by atoms with Gasteiger partial charge in [0, 0.05) is 11.4 Å². The van der Waals surface area contributed by atoms with Gasteiger partial charge >= 0.3 is 0 Å². The Balaban J connectivity index is 1.68. The number of carbonyl (C=O) groups is 3. The van der Waals surface area contributed by atoms with Gasteiger partial charge in [-0.05, 0) is 69.0 Å². The lowest BCUT2D eigenvalue weighted by Crippen LogP contribution is -2.25. The Morgan fingerprint density at radius 3 is 2.23 bits per heavy atom. The summed E-state index contributed by atoms with van der Waals surface area (Å²) in [5.74, 6) is -1.99. The van der Waals surface area contributed by atoms with Crippen molar-refractivity contribution in [2.75, 3.05) is 10.6 Å². The molecule has 7 heteroatoms. The highest BCUT2D eigenvalue weighted by Crippen LogP contribution is 2.30. The van der Waals surface area contributed by atoms with E-state index >= 15 is 0 Å². The van der Waals surface area contributed by atoms with Gasteiger partial charge in [-0.3, -0.25) is 14.4 Å². The maximum atomic E-state index is 12.7. The van der Waals surface area contributed by atoms with Gasteiger partial charge in [-0.1, -0.05) is 35.6 Å². The van der Waals surface area contributed by atoms with Crippen LogP contribution < -0.4 is 10.6 Å². The number of para-hydroxylation sites is 1. The summed E-state index contributed by atoms with van der Waals surface area (Å²) < 4.78 is 0. The number of benzene rings is 2. The summed E-state index contributed by atoms with van der Waals surface area (Å²) in [5.41, 5.74) is 6.24. The molecule has 3 aromatic rings. The number of hydrogen-bond acceptors (Lipinski definition) is 6. The molecule has 0 aliphatic carbocycles. The lowest BCUT2D eigenvalue weighted by Gasteiger charge is -2.09. The number of ketones is 2. The Morgan fingerprint density at radius 1 is 0.903 bits per heavy atom. The summed E-state index contributed by atoms with van der Waals surface area (Å²) in [6.45, 7) is 9.60. The number of hydrogen-bond donors (Lipinski definition) is 2. The van der Waals surface area contributed by atoms with E-state index in [4.69, 9.17) is 0 Å². The van der Waals surface area contributed by atoms with Crippen LogP contribution in [0.2, 0.25) is 0 Å². The van der Waals surface area contributed by atoms with Gasteiger partial charge in [0.15, 0.2) is 10.9 Å². The molecule has 0 spiro atoms. The van der Waals surface area contributed by atoms with E-state index in [0.29, 0.717) is 21.4 Å². The molecule has 0 unspecified atom stereocenters. The van der Waals surface area contributed by atoms with E-state index in [0.717, 1.165) is 27.9 Å². The minimum absolute atomic E-state index is 0.376. The number of nitrogens with one attached hydrogen (secondary N) is 2. The van der Waals surface area contributed by atoms with E-state index in [9.17, 15) is 14.4 Å². The van der Waals surface area contributed by atoms with E-state index in [1.165, 1.54) is 11.3 Å². The van der Waals surface area contributed by atoms with Crippen LogP contribution in [0.1, 0.15) is 44.0 Å². The second-order valence-corrected chi connectivity index (χ2v) is 8.60. The Labute approximate surface area is 185 Å². The van der Waals surface area contributed by atoms with Gasteiger partial charge in [-0.2, -0.15) is 0 Å². The number of rotatable bonds is 7. The van der Waals surface area contributed by atoms with E-state index in [-0.39, 0.29) is 0 Å². The van der Waals surface area contributed by atoms with Gasteiger partial charge in [0.25, 0.3) is 5.91 Å². The van der Waals surface area contributed by atoms with Crippen LogP contribution in [0.15, 0.2) is 36.4 Å². The highest BCUT2D eigenvalue weighted by Gasteiger charge is 2.23. The van der Waals surface area contributed by atoms with Crippen LogP contribution >= 0.6 is 11.3 Å². The van der Waals surface area contributed by atoms with E-state index < -0.39 is 23.9 Å². The summed E-state index contributed by atoms with van der Waals surface area (Å²) >= 11 is 1.19. The van der Waals surface area contributed by atoms with Crippen LogP contribution in [0.3, 0.4) is 0 Å². The van der Waals surface area contributed by atoms with E-state index in [1.807, 2.05) is 52.0 Å². The zero-order chi connectivity index (χ0) is 22.7. The fraction of sp³-hybridized carbons (Fsp3) is 0.250. The summed E-state index contributed by atoms with van der Waals surface area (Å²) in [4.78, 5) is 42.0. The number of carbonyl (C=O) groups excluding carboxylic acids is 3. The van der Waals surface area contributed by atoms with Crippen LogP contribution in [-0.4, -0.2) is 22.5 Å². The molecule has 0 fully saturated rings. The Kier molecular flexibility index (Phi) is 6.65. The number of Topliss-reactive ketones (excluding diaryl/α,β-unsaturated/α-hetero) is 2. The first-order valence-corrected chi connectivity index (χ1v) is 10.7. The lowest BCUT2D eigenvalue weighted by atomic mass is 10.1. The molecule has 6 nitrogen and oxygen atoms in total. The standard InChI is InChI=1S/C24H25N3O3S/c1-13-9-10-18(11-16(13)4)26-23(30)20(29)12-19(28)22-17(5)25-24(31-22)27-21-14(2)7-6-8-15(21)3/h6-11H,12H2,1-5H3,(H,25,27)(H,26,30). The van der Waals surface area contributed by atoms with Gasteiger partial charge in [0.05, 0.1) is 17.0 Å². The molecule has 1 heterocycles. The van der Waals surface area contributed by atoms with Crippen molar-refractivity contribution < 1.29 is 14.4 Å². The average Bonchev–Trinajstić information content (AvgIpc) is 3.08. The van der Waals surface area contributed by atoms with Gasteiger partial charge in [-0.15, -0.1) is 0 Å². The Bertz CT molecular complexity index is 1160. The molecule has 0 atom stereocenters. The van der Waals surface area contributed by atoms with Gasteiger partial charge < -0.3 is 10.6 Å². The highest BCUT2D eigenvalue weighted by molar-refractivity contribution is 7.17. The number of anilines is 3. The summed E-state index contributed by atoms with van der Waals surface area (Å²) in [6.07, 6.45) is -0.497. The largest absolute Gasteiger partial charge is 0.331 e. The first-order valence-electron chi connectivity index (χ1n) is 9.91. The van der Waals surface area contributed by atoms with Crippen molar-refractivity contribution in [3.63, 3.8) is 0 Å². The van der Waals surface area contributed by atoms with E-state index in [1.54, 1.807) is 19.1 Å². The van der Waals surface area contributed by atoms with Crippen LogP contribution in [0, 0.1) is 34.6 Å². The van der Waals surface area contributed by atoms with E-state index in [2.05, 4.69) is 15.6 Å². The number of thiazole rings is 1. The molecule has 1 aromatic heterocycles. The van der Waals surface area contributed by atoms with Crippen molar-refractivity contribution in [1.29, 1.82) is 0 Å². The molecule has 0 bridgehead atoms. The molecule has 160 valence electrons. The second kappa shape index (κ2) is 9.22. The number of amides is 1. The molecule has 0 radical (unpaired) electrons. The molecule has 31 heavy (non-hydrogen) atoms. The topological polar surface area (TPSA) is 88.2 Å². The second-order valence-electron chi connectivity index (χ2n) is 7.60. The molecule has 1 amide bonds. The number of aryl methyl sites for hydroxylation is 5. The smallest absolute Gasteiger partial charge is 0.292 e. The van der Waals surface area contributed by atoms with Gasteiger partial charge in [0.1, 0.15) is 0 Å². The highest BCUT2D eigenvalue weighted by atomic mass is 32.1. The monoisotopic (exact) mass is 435 g/mol. The van der Waals surface area contributed by atoms with Crippen LogP contribution in [0.5, 0.6) is 0 Å². The van der Waals surface area contributed by atoms with Crippen molar-refractivity contribution in [2.45, 2.75) is 41.0 Å². The molecule has 0 saturated carbocycles. The third-order valence-corrected chi connectivity index (χ3v) is 6.22. The normalized spacial score (nSPS) is 10.6. The van der Waals surface area contributed by atoms with Crippen LogP contribution in [0.25, 0.3) is 0 Å². The molecule has 0 aliphatic rings. The molecule has 2 N–H and O–H groups in total. The minimum Gasteiger partial charge on any atom is -0.331 e. The van der Waals surface area contributed by atoms with Crippen molar-refractivity contribution in [3.8, 4) is 0 Å². The van der Waals surface area contributed by atoms with Crippen LogP contribution in [0.4, 0.5) is 16.5 Å². The third kappa shape index (κ3) is 5.24. The Hall–Kier alpha value is -3.32. The summed E-state index contributed by atoms with van der Waals surface area (Å²) in [5, 5.41) is 6.41. The molecule has 2 aromatic carbocycles. The average molecular weight is 436 g/mol. The number of aromatic nitrogens is 1. The SMILES string of the molecule is Cc1ccc(NC(=O)C(=O)CC(=O)c2sc(Nc3c(C)cccc3C)nc2C)cc1C. The predicted molar refractivity (Wildman–Crippen MR) is 125 cm³/mol. The fourth-order valence-electron chi connectivity index (χ4n) is 3.15. The molecular formula is C24H25N3O3S. The zero-order valence-corrected chi connectivity index (χ0v) is 19.1. The van der Waals surface area contributed by atoms with Crippen molar-refractivity contribution in [3.05, 3.63) is 69.2 Å². The van der Waals surface area contributed by atoms with Gasteiger partial charge in [-0.25, -0.2) is 4.98 Å². The third-order valence-electron chi connectivity index (χ3n) is 5.10. The number of nitrogens with zero attached hydrogens (tertiary/aromatic N) is 1. The molecule has 0 aliphatic heterocycles. The molecule has 3 rings (SSSR count). The zero-order valence-electron chi connectivity index (χ0n) is 18.3. The lowest BCUT2D eigenvalue weighted by molar-refractivity contribution is -0.134. The first-order chi connectivity index (χ1) is 14.7. The molecular weight excluding hydrogens is 410 g/mol. The maximum absolute atomic E-state index is 12.7. The predicted octanol–water partition coefficient (Wildman–Crippen LogP) is 5.21. The fourth-order valence-corrected chi connectivity index (χ4v) is 4.06. The maximum Gasteiger partial charge on any atom is 0.292 e. The van der Waals surface area contributed by atoms with Crippen molar-refractivity contribution >= 4 is 45.3 Å².